The Balaban J connectivity index is 3.61. The van der Waals surface area contributed by atoms with Crippen LogP contribution >= 0.6 is 0 Å². The molecule has 1 nitrogen and oxygen atoms in total. The van der Waals surface area contributed by atoms with E-state index in [0.29, 0.717) is 11.8 Å². The zero-order valence-corrected chi connectivity index (χ0v) is 7.93. The Morgan fingerprint density at radius 2 is 2.00 bits per heavy atom. The summed E-state index contributed by atoms with van der Waals surface area (Å²) in [4.78, 5) is 0. The Labute approximate surface area is 70.4 Å². The molecular formula is C10H19N. The second-order valence-electron chi connectivity index (χ2n) is 3.36. The maximum absolute atomic E-state index is 8.75. The first kappa shape index (κ1) is 10.5. The van der Waals surface area contributed by atoms with Crippen molar-refractivity contribution >= 4 is 0 Å². The molecule has 0 rings (SSSR count). The summed E-state index contributed by atoms with van der Waals surface area (Å²) in [5.41, 5.74) is 0. The van der Waals surface area contributed by atoms with E-state index in [1.54, 1.807) is 0 Å². The van der Waals surface area contributed by atoms with Crippen LogP contribution in [0.25, 0.3) is 0 Å². The zero-order valence-electron chi connectivity index (χ0n) is 7.93. The predicted molar refractivity (Wildman–Crippen MR) is 48.1 cm³/mol. The quantitative estimate of drug-likeness (QED) is 0.594. The second kappa shape index (κ2) is 6.22. The lowest BCUT2D eigenvalue weighted by atomic mass is 9.92. The first-order valence-electron chi connectivity index (χ1n) is 4.64. The molecule has 11 heavy (non-hydrogen) atoms. The fourth-order valence-electron chi connectivity index (χ4n) is 1.24. The molecule has 0 aromatic heterocycles. The van der Waals surface area contributed by atoms with Crippen molar-refractivity contribution in [1.29, 1.82) is 5.26 Å². The van der Waals surface area contributed by atoms with Gasteiger partial charge in [0, 0.05) is 5.92 Å². The van der Waals surface area contributed by atoms with E-state index in [1.807, 2.05) is 0 Å². The van der Waals surface area contributed by atoms with Crippen LogP contribution in [0, 0.1) is 23.2 Å². The molecule has 0 saturated carbocycles. The summed E-state index contributed by atoms with van der Waals surface area (Å²) in [6, 6.07) is 2.37. The van der Waals surface area contributed by atoms with Gasteiger partial charge in [0.05, 0.1) is 6.07 Å². The molecule has 0 amide bonds. The van der Waals surface area contributed by atoms with E-state index in [2.05, 4.69) is 26.8 Å². The standard InChI is InChI=1S/C10H19N/c1-4-6-10(8-11)7-9(3)5-2/h9-10H,4-7H2,1-3H3. The largest absolute Gasteiger partial charge is 0.198 e. The summed E-state index contributed by atoms with van der Waals surface area (Å²) in [5.74, 6) is 1.01. The molecule has 0 aromatic rings. The molecule has 0 bridgehead atoms. The summed E-state index contributed by atoms with van der Waals surface area (Å²) in [6.45, 7) is 6.55. The Hall–Kier alpha value is -0.510. The van der Waals surface area contributed by atoms with Gasteiger partial charge in [-0.15, -0.1) is 0 Å². The fourth-order valence-corrected chi connectivity index (χ4v) is 1.24. The topological polar surface area (TPSA) is 23.8 Å². The van der Waals surface area contributed by atoms with E-state index in [0.717, 1.165) is 19.3 Å². The molecule has 64 valence electrons. The van der Waals surface area contributed by atoms with Gasteiger partial charge >= 0.3 is 0 Å². The lowest BCUT2D eigenvalue weighted by molar-refractivity contribution is 0.421. The maximum Gasteiger partial charge on any atom is 0.0655 e. The average molecular weight is 153 g/mol. The van der Waals surface area contributed by atoms with Gasteiger partial charge in [-0.1, -0.05) is 33.6 Å². The van der Waals surface area contributed by atoms with Crippen molar-refractivity contribution in [3.8, 4) is 6.07 Å². The van der Waals surface area contributed by atoms with Gasteiger partial charge in [0.25, 0.3) is 0 Å². The highest BCUT2D eigenvalue weighted by molar-refractivity contribution is 4.83. The van der Waals surface area contributed by atoms with E-state index < -0.39 is 0 Å². The van der Waals surface area contributed by atoms with Gasteiger partial charge in [0.2, 0.25) is 0 Å². The van der Waals surface area contributed by atoms with Crippen LogP contribution in [0.4, 0.5) is 0 Å². The van der Waals surface area contributed by atoms with Crippen molar-refractivity contribution in [2.75, 3.05) is 0 Å². The monoisotopic (exact) mass is 153 g/mol. The van der Waals surface area contributed by atoms with E-state index in [-0.39, 0.29) is 0 Å². The van der Waals surface area contributed by atoms with Crippen molar-refractivity contribution in [2.24, 2.45) is 11.8 Å². The minimum absolute atomic E-state index is 0.301. The maximum atomic E-state index is 8.75. The molecule has 0 fully saturated rings. The van der Waals surface area contributed by atoms with Crippen LogP contribution in [-0.2, 0) is 0 Å². The van der Waals surface area contributed by atoms with E-state index in [9.17, 15) is 0 Å². The molecule has 0 aromatic carbocycles. The summed E-state index contributed by atoms with van der Waals surface area (Å²) in [7, 11) is 0. The van der Waals surface area contributed by atoms with Gasteiger partial charge in [-0.05, 0) is 18.8 Å². The van der Waals surface area contributed by atoms with Gasteiger partial charge in [0.1, 0.15) is 0 Å². The average Bonchev–Trinajstić information content (AvgIpc) is 2.03. The van der Waals surface area contributed by atoms with E-state index in [4.69, 9.17) is 5.26 Å². The Morgan fingerprint density at radius 1 is 1.36 bits per heavy atom. The molecule has 0 saturated heterocycles. The summed E-state index contributed by atoms with van der Waals surface area (Å²) in [6.07, 6.45) is 4.48. The molecule has 0 aliphatic heterocycles. The molecular weight excluding hydrogens is 134 g/mol. The van der Waals surface area contributed by atoms with Crippen LogP contribution in [0.3, 0.4) is 0 Å². The van der Waals surface area contributed by atoms with Crippen molar-refractivity contribution in [1.82, 2.24) is 0 Å². The predicted octanol–water partition coefficient (Wildman–Crippen LogP) is 3.36. The van der Waals surface area contributed by atoms with Gasteiger partial charge < -0.3 is 0 Å². The molecule has 0 heterocycles. The number of hydrogen-bond donors (Lipinski definition) is 0. The molecule has 2 unspecified atom stereocenters. The Morgan fingerprint density at radius 3 is 2.36 bits per heavy atom. The van der Waals surface area contributed by atoms with Crippen LogP contribution < -0.4 is 0 Å². The smallest absolute Gasteiger partial charge is 0.0655 e. The van der Waals surface area contributed by atoms with E-state index >= 15 is 0 Å². The molecule has 0 spiro atoms. The molecule has 0 aliphatic rings. The van der Waals surface area contributed by atoms with Gasteiger partial charge in [-0.2, -0.15) is 5.26 Å². The highest BCUT2D eigenvalue weighted by Gasteiger charge is 2.09. The minimum Gasteiger partial charge on any atom is -0.198 e. The minimum atomic E-state index is 0.301. The van der Waals surface area contributed by atoms with E-state index in [1.165, 1.54) is 6.42 Å². The second-order valence-corrected chi connectivity index (χ2v) is 3.36. The Kier molecular flexibility index (Phi) is 5.93. The lowest BCUT2D eigenvalue weighted by Gasteiger charge is -2.11. The number of nitrogens with zero attached hydrogens (tertiary/aromatic N) is 1. The van der Waals surface area contributed by atoms with Crippen LogP contribution in [0.5, 0.6) is 0 Å². The number of nitriles is 1. The Bertz CT molecular complexity index is 123. The summed E-state index contributed by atoms with van der Waals surface area (Å²) in [5, 5.41) is 8.75. The van der Waals surface area contributed by atoms with Crippen molar-refractivity contribution < 1.29 is 0 Å². The van der Waals surface area contributed by atoms with Crippen molar-refractivity contribution in [2.45, 2.75) is 46.5 Å². The zero-order chi connectivity index (χ0) is 8.69. The summed E-state index contributed by atoms with van der Waals surface area (Å²) >= 11 is 0. The normalized spacial score (nSPS) is 15.5. The third kappa shape index (κ3) is 4.84. The molecule has 1 heteroatoms. The van der Waals surface area contributed by atoms with Crippen LogP contribution in [-0.4, -0.2) is 0 Å². The molecule has 0 N–H and O–H groups in total. The number of hydrogen-bond acceptors (Lipinski definition) is 1. The highest BCUT2D eigenvalue weighted by atomic mass is 14.3. The SMILES string of the molecule is CCCC(C#N)CC(C)CC. The first-order chi connectivity index (χ1) is 5.24. The van der Waals surface area contributed by atoms with Crippen molar-refractivity contribution in [3.05, 3.63) is 0 Å². The molecule has 0 aliphatic carbocycles. The van der Waals surface area contributed by atoms with Gasteiger partial charge in [-0.3, -0.25) is 0 Å². The van der Waals surface area contributed by atoms with Gasteiger partial charge in [-0.25, -0.2) is 0 Å². The third-order valence-electron chi connectivity index (χ3n) is 2.20. The van der Waals surface area contributed by atoms with Gasteiger partial charge in [0.15, 0.2) is 0 Å². The van der Waals surface area contributed by atoms with Crippen LogP contribution in [0.15, 0.2) is 0 Å². The molecule has 0 radical (unpaired) electrons. The third-order valence-corrected chi connectivity index (χ3v) is 2.20. The van der Waals surface area contributed by atoms with Crippen LogP contribution in [0.1, 0.15) is 46.5 Å². The first-order valence-corrected chi connectivity index (χ1v) is 4.64. The summed E-state index contributed by atoms with van der Waals surface area (Å²) < 4.78 is 0. The van der Waals surface area contributed by atoms with Crippen molar-refractivity contribution in [3.63, 3.8) is 0 Å². The lowest BCUT2D eigenvalue weighted by Crippen LogP contribution is -2.03. The number of rotatable bonds is 5. The highest BCUT2D eigenvalue weighted by Crippen LogP contribution is 2.18. The van der Waals surface area contributed by atoms with Crippen LogP contribution in [0.2, 0.25) is 0 Å². The fraction of sp³-hybridized carbons (Fsp3) is 0.900. The molecule has 2 atom stereocenters.